The highest BCUT2D eigenvalue weighted by Crippen LogP contribution is 2.27. The minimum atomic E-state index is -3.48. The standard InChI is InChI=1S/C24H39N3O6S/c1-17-13-27(14-19-8-10-32-11-9-19)18(2)16-33-22-7-6-20(25-34(5,29)30)12-21(22)24(28)26(3)15-23(17)31-4/h6-7,12,17-19,23,25H,8-11,13-16H2,1-5H3/t17-,18-,23-/m0/s1. The summed E-state index contributed by atoms with van der Waals surface area (Å²) in [7, 11) is -0.0611. The van der Waals surface area contributed by atoms with Crippen LogP contribution in [0.2, 0.25) is 0 Å². The Morgan fingerprint density at radius 2 is 1.88 bits per heavy atom. The highest BCUT2D eigenvalue weighted by molar-refractivity contribution is 7.92. The molecule has 0 aliphatic carbocycles. The van der Waals surface area contributed by atoms with Crippen LogP contribution >= 0.6 is 0 Å². The van der Waals surface area contributed by atoms with Gasteiger partial charge in [0.25, 0.3) is 5.91 Å². The van der Waals surface area contributed by atoms with Crippen LogP contribution in [0.4, 0.5) is 5.69 Å². The number of amides is 1. The molecule has 10 heteroatoms. The lowest BCUT2D eigenvalue weighted by Crippen LogP contribution is -2.48. The summed E-state index contributed by atoms with van der Waals surface area (Å²) in [4.78, 5) is 17.4. The molecule has 1 N–H and O–H groups in total. The van der Waals surface area contributed by atoms with Crippen molar-refractivity contribution in [2.24, 2.45) is 11.8 Å². The molecule has 0 aromatic heterocycles. The zero-order chi connectivity index (χ0) is 24.9. The van der Waals surface area contributed by atoms with Gasteiger partial charge in [0, 0.05) is 58.7 Å². The van der Waals surface area contributed by atoms with Gasteiger partial charge in [0.2, 0.25) is 10.0 Å². The molecule has 0 radical (unpaired) electrons. The van der Waals surface area contributed by atoms with E-state index in [2.05, 4.69) is 23.5 Å². The Bertz CT molecular complexity index is 935. The first-order valence-corrected chi connectivity index (χ1v) is 13.8. The fourth-order valence-electron chi connectivity index (χ4n) is 4.64. The molecule has 1 amide bonds. The van der Waals surface area contributed by atoms with E-state index in [1.165, 1.54) is 6.07 Å². The number of hydrogen-bond donors (Lipinski definition) is 1. The second-order valence-corrected chi connectivity index (χ2v) is 11.4. The second kappa shape index (κ2) is 11.7. The van der Waals surface area contributed by atoms with Crippen LogP contribution in [0.25, 0.3) is 0 Å². The quantitative estimate of drug-likeness (QED) is 0.667. The Kier molecular flexibility index (Phi) is 9.20. The summed E-state index contributed by atoms with van der Waals surface area (Å²) in [6, 6.07) is 4.93. The fourth-order valence-corrected chi connectivity index (χ4v) is 5.20. The van der Waals surface area contributed by atoms with E-state index < -0.39 is 10.0 Å². The van der Waals surface area contributed by atoms with Gasteiger partial charge in [-0.3, -0.25) is 14.4 Å². The van der Waals surface area contributed by atoms with Crippen molar-refractivity contribution < 1.29 is 27.4 Å². The number of carbonyl (C=O) groups excluding carboxylic acids is 1. The number of rotatable bonds is 5. The Balaban J connectivity index is 1.91. The number of benzene rings is 1. The van der Waals surface area contributed by atoms with Gasteiger partial charge in [-0.2, -0.15) is 0 Å². The maximum absolute atomic E-state index is 13.3. The highest BCUT2D eigenvalue weighted by Gasteiger charge is 2.30. The second-order valence-electron chi connectivity index (χ2n) is 9.69. The molecule has 192 valence electrons. The summed E-state index contributed by atoms with van der Waals surface area (Å²) in [6.45, 7) is 8.56. The molecule has 1 aromatic carbocycles. The van der Waals surface area contributed by atoms with E-state index in [-0.39, 0.29) is 24.0 Å². The molecular formula is C24H39N3O6S. The van der Waals surface area contributed by atoms with Crippen LogP contribution in [-0.4, -0.2) is 96.1 Å². The van der Waals surface area contributed by atoms with Crippen molar-refractivity contribution in [2.75, 3.05) is 64.6 Å². The third kappa shape index (κ3) is 7.31. The van der Waals surface area contributed by atoms with E-state index in [1.807, 2.05) is 0 Å². The maximum atomic E-state index is 13.3. The van der Waals surface area contributed by atoms with E-state index in [1.54, 1.807) is 31.2 Å². The summed E-state index contributed by atoms with van der Waals surface area (Å²) >= 11 is 0. The first-order chi connectivity index (χ1) is 16.1. The lowest BCUT2D eigenvalue weighted by atomic mass is 9.96. The molecule has 1 aromatic rings. The summed E-state index contributed by atoms with van der Waals surface area (Å²) in [5.74, 6) is 0.975. The molecule has 1 saturated heterocycles. The maximum Gasteiger partial charge on any atom is 0.257 e. The molecule has 2 aliphatic rings. The van der Waals surface area contributed by atoms with E-state index in [0.29, 0.717) is 36.1 Å². The average Bonchev–Trinajstić information content (AvgIpc) is 2.79. The van der Waals surface area contributed by atoms with Gasteiger partial charge in [0.05, 0.1) is 17.9 Å². The SMILES string of the molecule is CO[C@H]1CN(C)C(=O)c2cc(NS(C)(=O)=O)ccc2OC[C@H](C)N(CC2CCOCC2)C[C@@H]1C. The van der Waals surface area contributed by atoms with Crippen LogP contribution in [0.3, 0.4) is 0 Å². The number of anilines is 1. The van der Waals surface area contributed by atoms with Crippen LogP contribution in [0, 0.1) is 11.8 Å². The Morgan fingerprint density at radius 1 is 1.18 bits per heavy atom. The summed E-state index contributed by atoms with van der Waals surface area (Å²) in [5, 5.41) is 0. The molecular weight excluding hydrogens is 458 g/mol. The van der Waals surface area contributed by atoms with Crippen molar-refractivity contribution in [1.29, 1.82) is 0 Å². The lowest BCUT2D eigenvalue weighted by molar-refractivity contribution is 0.0000232. The third-order valence-electron chi connectivity index (χ3n) is 6.71. The van der Waals surface area contributed by atoms with Crippen molar-refractivity contribution in [1.82, 2.24) is 9.80 Å². The first kappa shape index (κ1) is 26.7. The van der Waals surface area contributed by atoms with Gasteiger partial charge < -0.3 is 19.1 Å². The van der Waals surface area contributed by atoms with Crippen molar-refractivity contribution in [3.05, 3.63) is 23.8 Å². The van der Waals surface area contributed by atoms with Crippen molar-refractivity contribution in [2.45, 2.75) is 38.8 Å². The van der Waals surface area contributed by atoms with Gasteiger partial charge in [0.15, 0.2) is 0 Å². The minimum absolute atomic E-state index is 0.122. The van der Waals surface area contributed by atoms with E-state index in [9.17, 15) is 13.2 Å². The van der Waals surface area contributed by atoms with Crippen LogP contribution < -0.4 is 9.46 Å². The lowest BCUT2D eigenvalue weighted by Gasteiger charge is -2.38. The van der Waals surface area contributed by atoms with Gasteiger partial charge >= 0.3 is 0 Å². The van der Waals surface area contributed by atoms with Gasteiger partial charge in [-0.25, -0.2) is 8.42 Å². The number of nitrogens with zero attached hydrogens (tertiary/aromatic N) is 2. The number of nitrogens with one attached hydrogen (secondary N) is 1. The molecule has 0 spiro atoms. The monoisotopic (exact) mass is 497 g/mol. The molecule has 2 heterocycles. The van der Waals surface area contributed by atoms with Gasteiger partial charge in [-0.15, -0.1) is 0 Å². The minimum Gasteiger partial charge on any atom is -0.491 e. The van der Waals surface area contributed by atoms with Crippen molar-refractivity contribution >= 4 is 21.6 Å². The summed E-state index contributed by atoms with van der Waals surface area (Å²) in [5.41, 5.74) is 0.645. The first-order valence-electron chi connectivity index (χ1n) is 11.9. The molecule has 0 saturated carbocycles. The van der Waals surface area contributed by atoms with Crippen LogP contribution in [0.1, 0.15) is 37.0 Å². The zero-order valence-electron chi connectivity index (χ0n) is 21.0. The van der Waals surface area contributed by atoms with Gasteiger partial charge in [0.1, 0.15) is 12.4 Å². The van der Waals surface area contributed by atoms with Crippen LogP contribution in [0.15, 0.2) is 18.2 Å². The predicted molar refractivity (Wildman–Crippen MR) is 132 cm³/mol. The van der Waals surface area contributed by atoms with E-state index >= 15 is 0 Å². The molecule has 0 bridgehead atoms. The van der Waals surface area contributed by atoms with E-state index in [0.717, 1.165) is 45.4 Å². The molecule has 9 nitrogen and oxygen atoms in total. The highest BCUT2D eigenvalue weighted by atomic mass is 32.2. The van der Waals surface area contributed by atoms with Crippen molar-refractivity contribution in [3.63, 3.8) is 0 Å². The molecule has 2 aliphatic heterocycles. The predicted octanol–water partition coefficient (Wildman–Crippen LogP) is 2.29. The normalized spacial score (nSPS) is 26.2. The third-order valence-corrected chi connectivity index (χ3v) is 7.32. The number of ether oxygens (including phenoxy) is 3. The fraction of sp³-hybridized carbons (Fsp3) is 0.708. The Hall–Kier alpha value is -1.88. The van der Waals surface area contributed by atoms with Crippen LogP contribution in [-0.2, 0) is 19.5 Å². The smallest absolute Gasteiger partial charge is 0.257 e. The van der Waals surface area contributed by atoms with Crippen molar-refractivity contribution in [3.8, 4) is 5.75 Å². The zero-order valence-corrected chi connectivity index (χ0v) is 21.8. The number of hydrogen-bond acceptors (Lipinski definition) is 7. The molecule has 0 unspecified atom stereocenters. The Labute approximate surface area is 203 Å². The summed E-state index contributed by atoms with van der Waals surface area (Å²) in [6.07, 6.45) is 3.06. The number of methoxy groups -OCH3 is 1. The van der Waals surface area contributed by atoms with Gasteiger partial charge in [-0.1, -0.05) is 6.92 Å². The number of sulfonamides is 1. The molecule has 1 fully saturated rings. The van der Waals surface area contributed by atoms with Gasteiger partial charge in [-0.05, 0) is 49.8 Å². The summed E-state index contributed by atoms with van der Waals surface area (Å²) < 4.78 is 43.4. The number of fused-ring (bicyclic) bond motifs is 1. The molecule has 34 heavy (non-hydrogen) atoms. The number of carbonyl (C=O) groups is 1. The van der Waals surface area contributed by atoms with E-state index in [4.69, 9.17) is 14.2 Å². The molecule has 3 rings (SSSR count). The number of likely N-dealkylation sites (N-methyl/N-ethyl adjacent to an activating group) is 1. The van der Waals surface area contributed by atoms with Crippen LogP contribution in [0.5, 0.6) is 5.75 Å². The molecule has 3 atom stereocenters. The average molecular weight is 498 g/mol. The topological polar surface area (TPSA) is 97.4 Å². The largest absolute Gasteiger partial charge is 0.491 e. The Morgan fingerprint density at radius 3 is 2.53 bits per heavy atom.